The number of aromatic amines is 1. The van der Waals surface area contributed by atoms with Gasteiger partial charge in [-0.2, -0.15) is 0 Å². The topological polar surface area (TPSA) is 84.3 Å². The van der Waals surface area contributed by atoms with Gasteiger partial charge in [0, 0.05) is 18.2 Å². The van der Waals surface area contributed by atoms with E-state index in [1.54, 1.807) is 6.92 Å². The second-order valence-corrected chi connectivity index (χ2v) is 4.27. The van der Waals surface area contributed by atoms with Crippen LogP contribution in [0.2, 0.25) is 0 Å². The Kier molecular flexibility index (Phi) is 2.92. The van der Waals surface area contributed by atoms with Crippen LogP contribution in [0.3, 0.4) is 0 Å². The van der Waals surface area contributed by atoms with Crippen LogP contribution in [0.25, 0.3) is 0 Å². The zero-order valence-corrected chi connectivity index (χ0v) is 9.48. The van der Waals surface area contributed by atoms with Gasteiger partial charge < -0.3 is 9.84 Å². The molecule has 1 saturated heterocycles. The molecule has 1 aromatic heterocycles. The van der Waals surface area contributed by atoms with Gasteiger partial charge in [-0.1, -0.05) is 0 Å². The van der Waals surface area contributed by atoms with Gasteiger partial charge in [0.05, 0.1) is 6.10 Å². The van der Waals surface area contributed by atoms with Crippen LogP contribution >= 0.6 is 12.6 Å². The van der Waals surface area contributed by atoms with E-state index in [2.05, 4.69) is 17.6 Å². The minimum Gasteiger partial charge on any atom is -0.389 e. The number of hydrogen-bond acceptors (Lipinski definition) is 5. The molecule has 0 saturated carbocycles. The Balaban J connectivity index is 2.39. The quantitative estimate of drug-likeness (QED) is 0.575. The van der Waals surface area contributed by atoms with Gasteiger partial charge in [0.25, 0.3) is 5.56 Å². The Hall–Kier alpha value is -1.05. The zero-order chi connectivity index (χ0) is 11.9. The number of rotatable bonds is 1. The summed E-state index contributed by atoms with van der Waals surface area (Å²) in [7, 11) is 0. The third kappa shape index (κ3) is 1.93. The fourth-order valence-electron chi connectivity index (χ4n) is 1.61. The number of ether oxygens (including phenoxy) is 1. The fourth-order valence-corrected chi connectivity index (χ4v) is 1.87. The molecule has 0 bridgehead atoms. The lowest BCUT2D eigenvalue weighted by atomic mass is 10.3. The van der Waals surface area contributed by atoms with Crippen LogP contribution in [0.1, 0.15) is 18.2 Å². The van der Waals surface area contributed by atoms with Crippen LogP contribution in [0, 0.1) is 6.92 Å². The lowest BCUT2D eigenvalue weighted by molar-refractivity contribution is 0.0268. The third-order valence-electron chi connectivity index (χ3n) is 2.52. The van der Waals surface area contributed by atoms with Gasteiger partial charge in [0.1, 0.15) is 11.7 Å². The Bertz CT molecular complexity index is 499. The van der Waals surface area contributed by atoms with Gasteiger partial charge in [-0.25, -0.2) is 4.79 Å². The summed E-state index contributed by atoms with van der Waals surface area (Å²) in [6.07, 6.45) is 0.400. The van der Waals surface area contributed by atoms with Crippen molar-refractivity contribution in [2.75, 3.05) is 0 Å². The first-order valence-electron chi connectivity index (χ1n) is 4.82. The summed E-state index contributed by atoms with van der Waals surface area (Å²) < 4.78 is 6.55. The molecule has 16 heavy (non-hydrogen) atoms. The van der Waals surface area contributed by atoms with Crippen molar-refractivity contribution in [2.24, 2.45) is 0 Å². The van der Waals surface area contributed by atoms with Crippen LogP contribution in [0.15, 0.2) is 15.8 Å². The number of thiol groups is 1. The van der Waals surface area contributed by atoms with E-state index in [4.69, 9.17) is 4.74 Å². The predicted octanol–water partition coefficient (Wildman–Crippen LogP) is -0.619. The molecule has 0 radical (unpaired) electrons. The highest BCUT2D eigenvalue weighted by molar-refractivity contribution is 7.80. The molecule has 1 aliphatic rings. The highest BCUT2D eigenvalue weighted by Crippen LogP contribution is 2.29. The van der Waals surface area contributed by atoms with Gasteiger partial charge in [0.2, 0.25) is 0 Å². The molecule has 1 aliphatic heterocycles. The van der Waals surface area contributed by atoms with Crippen molar-refractivity contribution in [3.63, 3.8) is 0 Å². The molecule has 2 heterocycles. The number of aryl methyl sites for hydroxylation is 1. The molecule has 1 aromatic rings. The molecule has 2 N–H and O–H groups in total. The number of nitrogens with zero attached hydrogens (tertiary/aromatic N) is 1. The van der Waals surface area contributed by atoms with Gasteiger partial charge >= 0.3 is 5.69 Å². The van der Waals surface area contributed by atoms with E-state index in [1.807, 2.05) is 0 Å². The smallest absolute Gasteiger partial charge is 0.330 e. The maximum atomic E-state index is 11.5. The summed E-state index contributed by atoms with van der Waals surface area (Å²) in [6.45, 7) is 1.60. The van der Waals surface area contributed by atoms with Crippen LogP contribution in [-0.4, -0.2) is 26.2 Å². The van der Waals surface area contributed by atoms with E-state index in [9.17, 15) is 14.7 Å². The molecule has 88 valence electrons. The van der Waals surface area contributed by atoms with Crippen LogP contribution in [0.5, 0.6) is 0 Å². The monoisotopic (exact) mass is 244 g/mol. The van der Waals surface area contributed by atoms with Crippen molar-refractivity contribution in [3.05, 3.63) is 32.6 Å². The van der Waals surface area contributed by atoms with Crippen molar-refractivity contribution in [1.82, 2.24) is 9.55 Å². The van der Waals surface area contributed by atoms with Crippen LogP contribution in [-0.2, 0) is 4.74 Å². The number of aliphatic hydroxyl groups excluding tert-OH is 1. The molecular weight excluding hydrogens is 232 g/mol. The van der Waals surface area contributed by atoms with Crippen LogP contribution in [0.4, 0.5) is 0 Å². The number of hydrogen-bond donors (Lipinski definition) is 3. The number of aliphatic hydroxyl groups is 1. The summed E-state index contributed by atoms with van der Waals surface area (Å²) >= 11 is 4.02. The van der Waals surface area contributed by atoms with Crippen molar-refractivity contribution >= 4 is 12.6 Å². The summed E-state index contributed by atoms with van der Waals surface area (Å²) in [5.41, 5.74) is -1.15. The minimum atomic E-state index is -0.715. The molecule has 0 aliphatic carbocycles. The number of H-pyrrole nitrogens is 1. The first-order chi connectivity index (χ1) is 7.49. The second kappa shape index (κ2) is 4.08. The largest absolute Gasteiger partial charge is 0.389 e. The van der Waals surface area contributed by atoms with E-state index in [1.165, 1.54) is 10.8 Å². The number of aromatic nitrogens is 2. The molecule has 0 spiro atoms. The molecule has 0 amide bonds. The Morgan fingerprint density at radius 2 is 2.31 bits per heavy atom. The molecule has 6 nitrogen and oxygen atoms in total. The zero-order valence-electron chi connectivity index (χ0n) is 8.58. The Labute approximate surface area is 96.3 Å². The maximum absolute atomic E-state index is 11.5. The van der Waals surface area contributed by atoms with Gasteiger partial charge in [-0.05, 0) is 6.92 Å². The Morgan fingerprint density at radius 1 is 1.62 bits per heavy atom. The lowest BCUT2D eigenvalue weighted by Crippen LogP contribution is -2.33. The van der Waals surface area contributed by atoms with Gasteiger partial charge in [0.15, 0.2) is 0 Å². The average Bonchev–Trinajstić information content (AvgIpc) is 2.53. The van der Waals surface area contributed by atoms with E-state index >= 15 is 0 Å². The van der Waals surface area contributed by atoms with Crippen molar-refractivity contribution < 1.29 is 9.84 Å². The second-order valence-electron chi connectivity index (χ2n) is 3.76. The first kappa shape index (κ1) is 11.4. The summed E-state index contributed by atoms with van der Waals surface area (Å²) in [4.78, 5) is 24.9. The normalized spacial score (nSPS) is 29.6. The molecule has 3 unspecified atom stereocenters. The van der Waals surface area contributed by atoms with Crippen LogP contribution < -0.4 is 11.2 Å². The highest BCUT2D eigenvalue weighted by atomic mass is 32.1. The lowest BCUT2D eigenvalue weighted by Gasteiger charge is -2.13. The summed E-state index contributed by atoms with van der Waals surface area (Å²) in [6, 6.07) is 0. The van der Waals surface area contributed by atoms with Crippen molar-refractivity contribution in [2.45, 2.75) is 31.1 Å². The molecule has 1 fully saturated rings. The highest BCUT2D eigenvalue weighted by Gasteiger charge is 2.33. The minimum absolute atomic E-state index is 0.277. The van der Waals surface area contributed by atoms with Gasteiger partial charge in [-0.15, -0.1) is 12.6 Å². The van der Waals surface area contributed by atoms with E-state index in [0.29, 0.717) is 5.56 Å². The maximum Gasteiger partial charge on any atom is 0.330 e. The fraction of sp³-hybridized carbons (Fsp3) is 0.556. The third-order valence-corrected chi connectivity index (χ3v) is 2.99. The number of nitrogens with one attached hydrogen (secondary N) is 1. The van der Waals surface area contributed by atoms with E-state index in [0.717, 1.165) is 0 Å². The van der Waals surface area contributed by atoms with Gasteiger partial charge in [-0.3, -0.25) is 14.3 Å². The first-order valence-corrected chi connectivity index (χ1v) is 5.34. The molecule has 0 aromatic carbocycles. The average molecular weight is 244 g/mol. The van der Waals surface area contributed by atoms with Crippen molar-refractivity contribution in [3.8, 4) is 0 Å². The van der Waals surface area contributed by atoms with E-state index < -0.39 is 29.0 Å². The van der Waals surface area contributed by atoms with Crippen molar-refractivity contribution in [1.29, 1.82) is 0 Å². The van der Waals surface area contributed by atoms with E-state index in [-0.39, 0.29) is 6.42 Å². The molecule has 3 atom stereocenters. The predicted molar refractivity (Wildman–Crippen MR) is 59.6 cm³/mol. The Morgan fingerprint density at radius 3 is 2.88 bits per heavy atom. The SMILES string of the molecule is Cc1cn(C2CC(O)C(S)O2)c(=O)[nH]c1=O. The standard InChI is InChI=1S/C9H12N2O4S/c1-4-3-11(9(14)10-7(4)13)6-2-5(12)8(16)15-6/h3,5-6,8,12,16H,2H2,1H3,(H,10,13,14). The molecule has 7 heteroatoms. The molecular formula is C9H12N2O4S. The summed E-state index contributed by atoms with van der Waals surface area (Å²) in [5, 5.41) is 9.46. The molecule has 2 rings (SSSR count). The summed E-state index contributed by atoms with van der Waals surface area (Å²) in [5.74, 6) is 0.